The number of nitrogens with zero attached hydrogens (tertiary/aromatic N) is 3. The third-order valence-electron chi connectivity index (χ3n) is 6.03. The highest BCUT2D eigenvalue weighted by Gasteiger charge is 2.21. The van der Waals surface area contributed by atoms with Gasteiger partial charge < -0.3 is 5.11 Å². The van der Waals surface area contributed by atoms with Gasteiger partial charge in [-0.25, -0.2) is 4.98 Å². The van der Waals surface area contributed by atoms with Gasteiger partial charge in [-0.2, -0.15) is 27.0 Å². The minimum absolute atomic E-state index is 0.194. The molecule has 0 fully saturated rings. The molecule has 4 aromatic carbocycles. The minimum Gasteiger partial charge on any atom is -0.506 e. The van der Waals surface area contributed by atoms with Crippen LogP contribution in [0.4, 0.5) is 11.4 Å². The summed E-state index contributed by atoms with van der Waals surface area (Å²) in [5.74, 6) is -0.418. The van der Waals surface area contributed by atoms with Crippen molar-refractivity contribution in [2.75, 3.05) is 10.9 Å². The number of anilines is 2. The number of fused-ring (bicyclic) bond motifs is 1. The molecular formula is C26H19N5O9S3. The summed E-state index contributed by atoms with van der Waals surface area (Å²) in [6.45, 7) is 1.57. The Kier molecular flexibility index (Phi) is 7.67. The molecule has 5 rings (SSSR count). The Labute approximate surface area is 246 Å². The molecule has 14 nitrogen and oxygen atoms in total. The minimum atomic E-state index is -4.57. The lowest BCUT2D eigenvalue weighted by Crippen LogP contribution is -2.47. The van der Waals surface area contributed by atoms with Crippen molar-refractivity contribution in [3.63, 3.8) is 0 Å². The van der Waals surface area contributed by atoms with E-state index in [0.717, 1.165) is 41.7 Å². The van der Waals surface area contributed by atoms with E-state index in [9.17, 15) is 40.6 Å². The van der Waals surface area contributed by atoms with Gasteiger partial charge in [0.2, 0.25) is 10.9 Å². The number of phenols is 1. The SMILES string of the molecule is Cc1ccc2nc(-c3ccc(NN=c4c(=O)ccc(=NNc5cc(S(=O)(=O)O)ccc5O)c4=O)cc3)sc2c1S(=O)(=O)O. The van der Waals surface area contributed by atoms with Crippen molar-refractivity contribution in [3.05, 3.63) is 103 Å². The Balaban J connectivity index is 1.42. The van der Waals surface area contributed by atoms with Crippen LogP contribution in [0.3, 0.4) is 0 Å². The molecule has 1 heterocycles. The molecule has 220 valence electrons. The average Bonchev–Trinajstić information content (AvgIpc) is 3.36. The second kappa shape index (κ2) is 11.1. The Bertz CT molecular complexity index is 2360. The third-order valence-corrected chi connectivity index (χ3v) is 9.19. The largest absolute Gasteiger partial charge is 0.506 e. The number of phenolic OH excluding ortho intramolecular Hbond substituents is 1. The normalized spacial score (nSPS) is 13.0. The quantitative estimate of drug-likeness (QED) is 0.0976. The van der Waals surface area contributed by atoms with Gasteiger partial charge in [-0.3, -0.25) is 29.5 Å². The Morgan fingerprint density at radius 3 is 2.23 bits per heavy atom. The van der Waals surface area contributed by atoms with Crippen LogP contribution >= 0.6 is 11.3 Å². The fourth-order valence-electron chi connectivity index (χ4n) is 3.94. The summed E-state index contributed by atoms with van der Waals surface area (Å²) in [5, 5.41) is 17.4. The van der Waals surface area contributed by atoms with Gasteiger partial charge in [0.25, 0.3) is 20.2 Å². The molecule has 0 amide bonds. The summed E-state index contributed by atoms with van der Waals surface area (Å²) in [6, 6.07) is 14.8. The second-order valence-electron chi connectivity index (χ2n) is 8.99. The molecule has 1 aromatic heterocycles. The smallest absolute Gasteiger partial charge is 0.296 e. The first-order valence-electron chi connectivity index (χ1n) is 12.0. The van der Waals surface area contributed by atoms with Crippen LogP contribution in [0, 0.1) is 6.92 Å². The standard InChI is InChI=1S/C26H19N5O9S3/c1-13-2-8-18-24(25(13)43(38,39)40)41-26(27-18)14-3-5-15(6-4-14)28-31-22-21(33)11-9-17(23(22)34)29-30-19-12-16(42(35,36)37)7-10-20(19)32/h2-12,28,30,32H,1H3,(H,35,36,37)(H,38,39,40). The maximum atomic E-state index is 12.9. The summed E-state index contributed by atoms with van der Waals surface area (Å²) in [7, 11) is -9.03. The first-order chi connectivity index (χ1) is 20.2. The van der Waals surface area contributed by atoms with Crippen LogP contribution in [-0.2, 0) is 20.2 Å². The van der Waals surface area contributed by atoms with Crippen LogP contribution < -0.4 is 32.4 Å². The van der Waals surface area contributed by atoms with Gasteiger partial charge in [0.1, 0.15) is 21.0 Å². The highest BCUT2D eigenvalue weighted by atomic mass is 32.2. The molecule has 0 atom stereocenters. The molecular weight excluding hydrogens is 623 g/mol. The van der Waals surface area contributed by atoms with Crippen LogP contribution in [-0.4, -0.2) is 36.0 Å². The average molecular weight is 642 g/mol. The molecule has 0 aliphatic carbocycles. The number of nitrogens with one attached hydrogen (secondary N) is 2. The van der Waals surface area contributed by atoms with Crippen molar-refractivity contribution in [1.82, 2.24) is 4.98 Å². The third kappa shape index (κ3) is 6.20. The van der Waals surface area contributed by atoms with E-state index in [-0.39, 0.29) is 15.9 Å². The van der Waals surface area contributed by atoms with Gasteiger partial charge in [0.15, 0.2) is 5.36 Å². The van der Waals surface area contributed by atoms with Crippen LogP contribution in [0.2, 0.25) is 0 Å². The molecule has 0 saturated heterocycles. The first kappa shape index (κ1) is 29.7. The number of benzene rings is 4. The predicted octanol–water partition coefficient (Wildman–Crippen LogP) is 1.92. The number of rotatable bonds is 7. The lowest BCUT2D eigenvalue weighted by atomic mass is 10.2. The molecule has 0 unspecified atom stereocenters. The maximum absolute atomic E-state index is 12.9. The molecule has 0 saturated carbocycles. The Morgan fingerprint density at radius 1 is 0.837 bits per heavy atom. The van der Waals surface area contributed by atoms with E-state index in [2.05, 4.69) is 26.0 Å². The summed E-state index contributed by atoms with van der Waals surface area (Å²) < 4.78 is 65.7. The van der Waals surface area contributed by atoms with Crippen molar-refractivity contribution < 1.29 is 31.0 Å². The highest BCUT2D eigenvalue weighted by Crippen LogP contribution is 2.36. The van der Waals surface area contributed by atoms with Crippen molar-refractivity contribution in [2.45, 2.75) is 16.7 Å². The summed E-state index contributed by atoms with van der Waals surface area (Å²) >= 11 is 1.09. The van der Waals surface area contributed by atoms with Crippen LogP contribution in [0.1, 0.15) is 5.56 Å². The van der Waals surface area contributed by atoms with E-state index in [1.54, 1.807) is 43.3 Å². The van der Waals surface area contributed by atoms with E-state index >= 15 is 0 Å². The van der Waals surface area contributed by atoms with Crippen molar-refractivity contribution >= 4 is 53.2 Å². The Hall–Kier alpha value is -4.81. The Morgan fingerprint density at radius 2 is 1.56 bits per heavy atom. The second-order valence-corrected chi connectivity index (χ2v) is 12.8. The van der Waals surface area contributed by atoms with Crippen LogP contribution in [0.15, 0.2) is 96.3 Å². The molecule has 0 aliphatic heterocycles. The van der Waals surface area contributed by atoms with E-state index < -0.39 is 47.1 Å². The predicted molar refractivity (Wildman–Crippen MR) is 157 cm³/mol. The maximum Gasteiger partial charge on any atom is 0.296 e. The lowest BCUT2D eigenvalue weighted by molar-refractivity contribution is 0.474. The van der Waals surface area contributed by atoms with E-state index in [4.69, 9.17) is 0 Å². The molecule has 5 aromatic rings. The lowest BCUT2D eigenvalue weighted by Gasteiger charge is -2.05. The molecule has 0 radical (unpaired) electrons. The first-order valence-corrected chi connectivity index (χ1v) is 15.6. The number of aryl methyl sites for hydroxylation is 1. The molecule has 5 N–H and O–H groups in total. The topological polar surface area (TPSA) is 225 Å². The fraction of sp³-hybridized carbons (Fsp3) is 0.0385. The van der Waals surface area contributed by atoms with Gasteiger partial charge in [0.05, 0.1) is 26.5 Å². The number of hydrogen-bond donors (Lipinski definition) is 5. The van der Waals surface area contributed by atoms with Crippen molar-refractivity contribution in [2.24, 2.45) is 10.2 Å². The van der Waals surface area contributed by atoms with Gasteiger partial charge >= 0.3 is 0 Å². The van der Waals surface area contributed by atoms with Gasteiger partial charge in [0, 0.05) is 5.56 Å². The van der Waals surface area contributed by atoms with Crippen molar-refractivity contribution in [3.8, 4) is 16.3 Å². The van der Waals surface area contributed by atoms with E-state index in [1.165, 1.54) is 0 Å². The molecule has 0 aliphatic rings. The zero-order valence-electron chi connectivity index (χ0n) is 21.7. The van der Waals surface area contributed by atoms with Gasteiger partial charge in [-0.1, -0.05) is 6.07 Å². The van der Waals surface area contributed by atoms with Crippen molar-refractivity contribution in [1.29, 1.82) is 0 Å². The van der Waals surface area contributed by atoms with Crippen LogP contribution in [0.5, 0.6) is 5.75 Å². The summed E-state index contributed by atoms with van der Waals surface area (Å²) in [4.78, 5) is 28.9. The number of aromatic nitrogens is 1. The molecule has 17 heteroatoms. The van der Waals surface area contributed by atoms with E-state index in [1.807, 2.05) is 0 Å². The summed E-state index contributed by atoms with van der Waals surface area (Å²) in [5.41, 5.74) is 4.97. The fourth-order valence-corrected chi connectivity index (χ4v) is 6.76. The number of hydrogen-bond acceptors (Lipinski definition) is 13. The van der Waals surface area contributed by atoms with E-state index in [0.29, 0.717) is 32.0 Å². The molecule has 43 heavy (non-hydrogen) atoms. The van der Waals surface area contributed by atoms with Gasteiger partial charge in [-0.15, -0.1) is 11.3 Å². The molecule has 0 bridgehead atoms. The van der Waals surface area contributed by atoms with Gasteiger partial charge in [-0.05, 0) is 73.2 Å². The number of thiazole rings is 1. The van der Waals surface area contributed by atoms with Crippen LogP contribution in [0.25, 0.3) is 20.8 Å². The highest BCUT2D eigenvalue weighted by molar-refractivity contribution is 7.86. The summed E-state index contributed by atoms with van der Waals surface area (Å²) in [6.07, 6.45) is 0. The zero-order valence-corrected chi connectivity index (χ0v) is 24.2. The molecule has 0 spiro atoms. The number of aromatic hydroxyl groups is 1. The monoisotopic (exact) mass is 641 g/mol. The zero-order chi connectivity index (χ0) is 31.1.